The minimum Gasteiger partial charge on any atom is -0.379 e. The first-order valence-electron chi connectivity index (χ1n) is 19.8. The summed E-state index contributed by atoms with van der Waals surface area (Å²) in [6.45, 7) is 14.9. The first-order valence-corrected chi connectivity index (χ1v) is 21.1. The summed E-state index contributed by atoms with van der Waals surface area (Å²) >= 11 is 1.38. The minimum absolute atomic E-state index is 0.000627. The van der Waals surface area contributed by atoms with E-state index in [0.717, 1.165) is 18.7 Å². The van der Waals surface area contributed by atoms with Crippen LogP contribution in [0.1, 0.15) is 65.0 Å². The molecule has 2 heterocycles. The minimum atomic E-state index is -0.269. The average Bonchev–Trinajstić information content (AvgIpc) is 3.78. The molecular formula is C38H67N9O10S. The maximum atomic E-state index is 11.8. The van der Waals surface area contributed by atoms with Gasteiger partial charge in [0.2, 0.25) is 17.7 Å². The van der Waals surface area contributed by atoms with Gasteiger partial charge >= 0.3 is 0 Å². The van der Waals surface area contributed by atoms with Gasteiger partial charge in [0.25, 0.3) is 0 Å². The van der Waals surface area contributed by atoms with Crippen LogP contribution in [0.4, 0.5) is 0 Å². The smallest absolute Gasteiger partial charge is 0.242 e. The highest BCUT2D eigenvalue weighted by Gasteiger charge is 2.37. The van der Waals surface area contributed by atoms with Crippen LogP contribution >= 0.6 is 11.8 Å². The standard InChI is InChI=1S/C17H32N4O4.C13H17NO3S.C8H18N4O3/c1-4-8-23-10-12-25-13-11-24-9-7-21-14-16(19-20-21)5-6-18-17(22)15(2)3;1-3-4-5-6-10(15)7-8-14-12(16)9-11(18-2)13(14)17;9-1-3-13-5-7-15-8-6-14-4-2-11-12-10/h14-15H,4-13H2,1-3H3,(H,18,22);1,11H,4-9H2,2H3;1-9H2. The van der Waals surface area contributed by atoms with Crippen LogP contribution in [-0.4, -0.2) is 160 Å². The van der Waals surface area contributed by atoms with E-state index in [2.05, 4.69) is 38.5 Å². The number of rotatable bonds is 33. The van der Waals surface area contributed by atoms with Crippen LogP contribution in [0.5, 0.6) is 0 Å². The lowest BCUT2D eigenvalue weighted by Gasteiger charge is -2.13. The average molecular weight is 842 g/mol. The second-order valence-corrected chi connectivity index (χ2v) is 13.8. The summed E-state index contributed by atoms with van der Waals surface area (Å²) in [5.74, 6) is 2.25. The molecule has 1 aromatic heterocycles. The Labute approximate surface area is 348 Å². The number of ketones is 1. The summed E-state index contributed by atoms with van der Waals surface area (Å²) in [4.78, 5) is 50.1. The van der Waals surface area contributed by atoms with E-state index in [9.17, 15) is 19.2 Å². The van der Waals surface area contributed by atoms with Crippen molar-refractivity contribution in [1.82, 2.24) is 25.2 Å². The number of thioether (sulfide) groups is 1. The molecule has 20 heteroatoms. The number of amides is 3. The maximum Gasteiger partial charge on any atom is 0.242 e. The van der Waals surface area contributed by atoms with E-state index in [1.807, 2.05) is 26.3 Å². The first-order chi connectivity index (χ1) is 28.1. The van der Waals surface area contributed by atoms with Crippen LogP contribution in [0.15, 0.2) is 11.3 Å². The Morgan fingerprint density at radius 2 is 1.59 bits per heavy atom. The van der Waals surface area contributed by atoms with E-state index in [-0.39, 0.29) is 54.1 Å². The molecule has 1 aliphatic rings. The van der Waals surface area contributed by atoms with Crippen LogP contribution in [-0.2, 0) is 60.6 Å². The molecule has 0 radical (unpaired) electrons. The third-order valence-electron chi connectivity index (χ3n) is 7.63. The van der Waals surface area contributed by atoms with Gasteiger partial charge in [-0.15, -0.1) is 17.4 Å². The highest BCUT2D eigenvalue weighted by atomic mass is 32.2. The molecule has 3 N–H and O–H groups in total. The Balaban J connectivity index is 0.000000874. The second kappa shape index (κ2) is 38.9. The number of Topliss-reactive ketones (excluding diaryl/α,β-unsaturated/α-hetero) is 1. The van der Waals surface area contributed by atoms with Crippen LogP contribution < -0.4 is 11.1 Å². The molecule has 330 valence electrons. The number of hydrogen-bond acceptors (Lipinski definition) is 15. The van der Waals surface area contributed by atoms with Crippen molar-refractivity contribution in [3.05, 3.63) is 22.3 Å². The molecule has 0 aromatic carbocycles. The summed E-state index contributed by atoms with van der Waals surface area (Å²) in [6, 6.07) is 0. The number of carbonyl (C=O) groups excluding carboxylic acids is 4. The topological polar surface area (TPSA) is 244 Å². The van der Waals surface area contributed by atoms with Gasteiger partial charge in [-0.1, -0.05) is 31.1 Å². The Morgan fingerprint density at radius 3 is 2.14 bits per heavy atom. The highest BCUT2D eigenvalue weighted by Crippen LogP contribution is 2.23. The molecule has 0 aliphatic carbocycles. The zero-order valence-electron chi connectivity index (χ0n) is 35.0. The van der Waals surface area contributed by atoms with Crippen LogP contribution in [0, 0.1) is 18.3 Å². The molecule has 3 amide bonds. The van der Waals surface area contributed by atoms with Crippen molar-refractivity contribution in [3.8, 4) is 12.3 Å². The van der Waals surface area contributed by atoms with Crippen molar-refractivity contribution in [2.24, 2.45) is 16.8 Å². The number of unbranched alkanes of at least 4 members (excludes halogenated alkanes) is 1. The molecule has 0 bridgehead atoms. The number of nitrogens with one attached hydrogen (secondary N) is 1. The van der Waals surface area contributed by atoms with Crippen LogP contribution in [0.3, 0.4) is 0 Å². The van der Waals surface area contributed by atoms with E-state index in [0.29, 0.717) is 125 Å². The summed E-state index contributed by atoms with van der Waals surface area (Å²) in [5, 5.41) is 14.1. The van der Waals surface area contributed by atoms with Crippen molar-refractivity contribution < 1.29 is 47.6 Å². The van der Waals surface area contributed by atoms with E-state index in [1.54, 1.807) is 4.68 Å². The Bertz CT molecular complexity index is 1330. The van der Waals surface area contributed by atoms with Crippen molar-refractivity contribution in [1.29, 1.82) is 0 Å². The molecule has 0 spiro atoms. The van der Waals surface area contributed by atoms with E-state index in [4.69, 9.17) is 46.1 Å². The fraction of sp³-hybridized carbons (Fsp3) is 0.789. The molecule has 0 saturated carbocycles. The first kappa shape index (κ1) is 54.4. The Kier molecular flexibility index (Phi) is 36.4. The van der Waals surface area contributed by atoms with Crippen LogP contribution in [0.25, 0.3) is 10.4 Å². The molecule has 1 aromatic rings. The number of terminal acetylenes is 1. The molecule has 19 nitrogen and oxygen atoms in total. The second-order valence-electron chi connectivity index (χ2n) is 12.7. The van der Waals surface area contributed by atoms with Crippen molar-refractivity contribution >= 4 is 35.3 Å². The number of imide groups is 1. The SMILES string of the molecule is C#CCCCC(=O)CCN1C(=O)CC(SC)C1=O.CCCOCCOCCOCCn1cc(CCNC(=O)C(C)C)nn1.[N-]=[N+]=NCCOCCOCCOCCN. The molecule has 1 saturated heterocycles. The van der Waals surface area contributed by atoms with Crippen molar-refractivity contribution in [2.45, 2.75) is 77.5 Å². The predicted molar refractivity (Wildman–Crippen MR) is 221 cm³/mol. The quantitative estimate of drug-likeness (QED) is 0.0258. The summed E-state index contributed by atoms with van der Waals surface area (Å²) in [5.41, 5.74) is 14.1. The fourth-order valence-corrected chi connectivity index (χ4v) is 5.16. The monoisotopic (exact) mass is 841 g/mol. The lowest BCUT2D eigenvalue weighted by atomic mass is 10.1. The normalized spacial score (nSPS) is 13.3. The van der Waals surface area contributed by atoms with Gasteiger partial charge in [0, 0.05) is 81.9 Å². The van der Waals surface area contributed by atoms with E-state index < -0.39 is 0 Å². The van der Waals surface area contributed by atoms with Gasteiger partial charge in [0.05, 0.1) is 90.2 Å². The van der Waals surface area contributed by atoms with E-state index >= 15 is 0 Å². The van der Waals surface area contributed by atoms with Gasteiger partial charge in [-0.3, -0.25) is 24.1 Å². The Hall–Kier alpha value is -3.64. The number of aromatic nitrogens is 3. The van der Waals surface area contributed by atoms with Gasteiger partial charge in [-0.2, -0.15) is 11.8 Å². The number of azide groups is 1. The third kappa shape index (κ3) is 30.4. The number of nitrogens with zero attached hydrogens (tertiary/aromatic N) is 7. The van der Waals surface area contributed by atoms with E-state index in [1.165, 1.54) is 16.7 Å². The fourth-order valence-electron chi connectivity index (χ4n) is 4.52. The van der Waals surface area contributed by atoms with Crippen molar-refractivity contribution in [2.75, 3.05) is 112 Å². The molecule has 2 rings (SSSR count). The molecule has 1 unspecified atom stereocenters. The van der Waals surface area contributed by atoms with Gasteiger partial charge in [-0.05, 0) is 24.6 Å². The van der Waals surface area contributed by atoms with Gasteiger partial charge in [0.1, 0.15) is 5.78 Å². The molecule has 1 aliphatic heterocycles. The number of hydrogen-bond donors (Lipinski definition) is 2. The zero-order chi connectivity index (χ0) is 43.1. The number of ether oxygens (including phenoxy) is 6. The van der Waals surface area contributed by atoms with Gasteiger partial charge in [-0.25, -0.2) is 4.68 Å². The highest BCUT2D eigenvalue weighted by molar-refractivity contribution is 8.00. The number of likely N-dealkylation sites (tertiary alicyclic amines) is 1. The zero-order valence-corrected chi connectivity index (χ0v) is 35.8. The largest absolute Gasteiger partial charge is 0.379 e. The summed E-state index contributed by atoms with van der Waals surface area (Å²) < 4.78 is 33.4. The summed E-state index contributed by atoms with van der Waals surface area (Å²) in [6.07, 6.45) is 12.7. The maximum absolute atomic E-state index is 11.8. The molecule has 1 atom stereocenters. The summed E-state index contributed by atoms with van der Waals surface area (Å²) in [7, 11) is 0. The molecular weight excluding hydrogens is 775 g/mol. The Morgan fingerprint density at radius 1 is 0.983 bits per heavy atom. The lowest BCUT2D eigenvalue weighted by molar-refractivity contribution is -0.138. The van der Waals surface area contributed by atoms with Gasteiger partial charge in [0.15, 0.2) is 0 Å². The number of nitrogens with two attached hydrogens (primary N) is 1. The third-order valence-corrected chi connectivity index (χ3v) is 8.57. The lowest BCUT2D eigenvalue weighted by Crippen LogP contribution is -2.33. The van der Waals surface area contributed by atoms with Crippen molar-refractivity contribution in [3.63, 3.8) is 0 Å². The van der Waals surface area contributed by atoms with Gasteiger partial charge < -0.3 is 39.5 Å². The predicted octanol–water partition coefficient (Wildman–Crippen LogP) is 2.60. The molecule has 58 heavy (non-hydrogen) atoms. The number of carbonyl (C=O) groups is 4. The molecule has 1 fully saturated rings. The van der Waals surface area contributed by atoms with Crippen LogP contribution in [0.2, 0.25) is 0 Å².